The minimum atomic E-state index is -0.182. The summed E-state index contributed by atoms with van der Waals surface area (Å²) in [5.41, 5.74) is 3.32. The van der Waals surface area contributed by atoms with Gasteiger partial charge in [-0.1, -0.05) is 18.2 Å². The Hall–Kier alpha value is -2.95. The molecule has 3 aromatic rings. The minimum absolute atomic E-state index is 0.182. The van der Waals surface area contributed by atoms with E-state index in [-0.39, 0.29) is 5.91 Å². The summed E-state index contributed by atoms with van der Waals surface area (Å²) in [7, 11) is 0. The highest BCUT2D eigenvalue weighted by atomic mass is 16.1. The topological polar surface area (TPSA) is 70.7 Å². The number of nitrogens with one attached hydrogen (secondary N) is 2. The first kappa shape index (κ1) is 13.1. The third-order valence-corrected chi connectivity index (χ3v) is 3.09. The highest BCUT2D eigenvalue weighted by molar-refractivity contribution is 6.04. The Labute approximate surface area is 122 Å². The molecule has 1 amide bonds. The molecular formula is C16H14N4O. The number of H-pyrrole nitrogens is 1. The van der Waals surface area contributed by atoms with Crippen LogP contribution in [0.15, 0.2) is 54.9 Å². The van der Waals surface area contributed by atoms with Crippen molar-refractivity contribution in [2.75, 3.05) is 5.32 Å². The second kappa shape index (κ2) is 5.58. The Morgan fingerprint density at radius 3 is 2.76 bits per heavy atom. The molecule has 104 valence electrons. The molecular weight excluding hydrogens is 264 g/mol. The summed E-state index contributed by atoms with van der Waals surface area (Å²) in [6.45, 7) is 1.88. The van der Waals surface area contributed by atoms with E-state index in [0.717, 1.165) is 16.8 Å². The van der Waals surface area contributed by atoms with Gasteiger partial charge in [-0.2, -0.15) is 5.10 Å². The fourth-order valence-electron chi connectivity index (χ4n) is 2.05. The maximum atomic E-state index is 12.3. The summed E-state index contributed by atoms with van der Waals surface area (Å²) in [5.74, 6) is 0.368. The van der Waals surface area contributed by atoms with Crippen molar-refractivity contribution in [2.24, 2.45) is 0 Å². The molecule has 0 aliphatic carbocycles. The van der Waals surface area contributed by atoms with Crippen LogP contribution in [-0.4, -0.2) is 21.1 Å². The van der Waals surface area contributed by atoms with Crippen molar-refractivity contribution in [2.45, 2.75) is 6.92 Å². The van der Waals surface area contributed by atoms with Crippen molar-refractivity contribution in [1.29, 1.82) is 0 Å². The Morgan fingerprint density at radius 2 is 2.00 bits per heavy atom. The molecule has 21 heavy (non-hydrogen) atoms. The summed E-state index contributed by atoms with van der Waals surface area (Å²) in [6.07, 6.45) is 3.51. The van der Waals surface area contributed by atoms with Gasteiger partial charge >= 0.3 is 0 Å². The number of aryl methyl sites for hydroxylation is 1. The number of hydrogen-bond donors (Lipinski definition) is 2. The Kier molecular flexibility index (Phi) is 3.47. The van der Waals surface area contributed by atoms with E-state index in [0.29, 0.717) is 11.4 Å². The fourth-order valence-corrected chi connectivity index (χ4v) is 2.05. The Bertz CT molecular complexity index is 765. The average molecular weight is 278 g/mol. The van der Waals surface area contributed by atoms with E-state index in [1.807, 2.05) is 37.3 Å². The van der Waals surface area contributed by atoms with Gasteiger partial charge < -0.3 is 5.32 Å². The predicted octanol–water partition coefficient (Wildman–Crippen LogP) is 3.03. The lowest BCUT2D eigenvalue weighted by molar-refractivity contribution is 0.102. The average Bonchev–Trinajstić information content (AvgIpc) is 3.02. The van der Waals surface area contributed by atoms with E-state index in [1.165, 1.54) is 0 Å². The van der Waals surface area contributed by atoms with Gasteiger partial charge in [0.25, 0.3) is 5.91 Å². The first-order chi connectivity index (χ1) is 10.2. The molecule has 2 heterocycles. The molecule has 0 atom stereocenters. The lowest BCUT2D eigenvalue weighted by Crippen LogP contribution is -2.13. The number of amides is 1. The van der Waals surface area contributed by atoms with Crippen LogP contribution in [0.1, 0.15) is 16.1 Å². The second-order valence-corrected chi connectivity index (χ2v) is 4.69. The maximum absolute atomic E-state index is 12.3. The van der Waals surface area contributed by atoms with Gasteiger partial charge in [-0.25, -0.2) is 4.98 Å². The van der Waals surface area contributed by atoms with E-state index < -0.39 is 0 Å². The molecule has 1 aromatic carbocycles. The summed E-state index contributed by atoms with van der Waals surface area (Å²) in [6, 6.07) is 12.9. The van der Waals surface area contributed by atoms with Crippen molar-refractivity contribution in [3.63, 3.8) is 0 Å². The first-order valence-corrected chi connectivity index (χ1v) is 6.56. The first-order valence-electron chi connectivity index (χ1n) is 6.56. The number of aromatic nitrogens is 3. The number of rotatable bonds is 3. The van der Waals surface area contributed by atoms with Gasteiger partial charge in [0.05, 0.1) is 6.20 Å². The predicted molar refractivity (Wildman–Crippen MR) is 81.0 cm³/mol. The number of aromatic amines is 1. The molecule has 5 nitrogen and oxygen atoms in total. The number of benzene rings is 1. The van der Waals surface area contributed by atoms with E-state index >= 15 is 0 Å². The standard InChI is InChI=1S/C16H14N4O/c1-11-4-2-7-15(19-11)20-16(21)13-6-3-5-12(8-13)14-9-17-18-10-14/h2-10H,1H3,(H,17,18)(H,19,20,21). The van der Waals surface area contributed by atoms with E-state index in [2.05, 4.69) is 20.5 Å². The van der Waals surface area contributed by atoms with Gasteiger partial charge in [-0.3, -0.25) is 9.89 Å². The number of carbonyl (C=O) groups is 1. The maximum Gasteiger partial charge on any atom is 0.256 e. The quantitative estimate of drug-likeness (QED) is 0.773. The summed E-state index contributed by atoms with van der Waals surface area (Å²) >= 11 is 0. The Morgan fingerprint density at radius 1 is 1.14 bits per heavy atom. The zero-order chi connectivity index (χ0) is 14.7. The highest BCUT2D eigenvalue weighted by Crippen LogP contribution is 2.19. The lowest BCUT2D eigenvalue weighted by atomic mass is 10.1. The van der Waals surface area contributed by atoms with Crippen LogP contribution < -0.4 is 5.32 Å². The van der Waals surface area contributed by atoms with Crippen molar-refractivity contribution < 1.29 is 4.79 Å². The summed E-state index contributed by atoms with van der Waals surface area (Å²) < 4.78 is 0. The monoisotopic (exact) mass is 278 g/mol. The van der Waals surface area contributed by atoms with E-state index in [4.69, 9.17) is 0 Å². The molecule has 0 aliphatic rings. The lowest BCUT2D eigenvalue weighted by Gasteiger charge is -2.06. The molecule has 5 heteroatoms. The molecule has 0 unspecified atom stereocenters. The molecule has 0 bridgehead atoms. The molecule has 0 fully saturated rings. The van der Waals surface area contributed by atoms with Crippen LogP contribution in [-0.2, 0) is 0 Å². The van der Waals surface area contributed by atoms with Crippen LogP contribution in [0, 0.1) is 6.92 Å². The molecule has 0 saturated carbocycles. The number of pyridine rings is 1. The second-order valence-electron chi connectivity index (χ2n) is 4.69. The van der Waals surface area contributed by atoms with Gasteiger partial charge in [0.15, 0.2) is 0 Å². The van der Waals surface area contributed by atoms with Gasteiger partial charge in [0, 0.05) is 23.0 Å². The summed E-state index contributed by atoms with van der Waals surface area (Å²) in [4.78, 5) is 16.5. The Balaban J connectivity index is 1.83. The molecule has 0 spiro atoms. The minimum Gasteiger partial charge on any atom is -0.307 e. The van der Waals surface area contributed by atoms with Crippen LogP contribution in [0.4, 0.5) is 5.82 Å². The largest absolute Gasteiger partial charge is 0.307 e. The van der Waals surface area contributed by atoms with Crippen LogP contribution in [0.3, 0.4) is 0 Å². The molecule has 2 aromatic heterocycles. The van der Waals surface area contributed by atoms with Crippen molar-refractivity contribution in [3.05, 3.63) is 66.1 Å². The smallest absolute Gasteiger partial charge is 0.256 e. The van der Waals surface area contributed by atoms with E-state index in [1.54, 1.807) is 24.5 Å². The molecule has 0 aliphatic heterocycles. The summed E-state index contributed by atoms with van der Waals surface area (Å²) in [5, 5.41) is 9.48. The zero-order valence-electron chi connectivity index (χ0n) is 11.5. The van der Waals surface area contributed by atoms with Gasteiger partial charge in [-0.15, -0.1) is 0 Å². The van der Waals surface area contributed by atoms with E-state index in [9.17, 15) is 4.79 Å². The molecule has 0 saturated heterocycles. The van der Waals surface area contributed by atoms with Crippen molar-refractivity contribution >= 4 is 11.7 Å². The zero-order valence-corrected chi connectivity index (χ0v) is 11.5. The molecule has 3 rings (SSSR count). The number of carbonyl (C=O) groups excluding carboxylic acids is 1. The third-order valence-electron chi connectivity index (χ3n) is 3.09. The fraction of sp³-hybridized carbons (Fsp3) is 0.0625. The van der Waals surface area contributed by atoms with Crippen molar-refractivity contribution in [3.8, 4) is 11.1 Å². The number of anilines is 1. The SMILES string of the molecule is Cc1cccc(NC(=O)c2cccc(-c3cn[nH]c3)c2)n1. The van der Waals surface area contributed by atoms with Crippen LogP contribution in [0.25, 0.3) is 11.1 Å². The molecule has 0 radical (unpaired) electrons. The van der Waals surface area contributed by atoms with Gasteiger partial charge in [-0.05, 0) is 36.8 Å². The van der Waals surface area contributed by atoms with Crippen LogP contribution >= 0.6 is 0 Å². The number of nitrogens with zero attached hydrogens (tertiary/aromatic N) is 2. The normalized spacial score (nSPS) is 10.3. The van der Waals surface area contributed by atoms with Gasteiger partial charge in [0.2, 0.25) is 0 Å². The third kappa shape index (κ3) is 2.97. The number of hydrogen-bond acceptors (Lipinski definition) is 3. The van der Waals surface area contributed by atoms with Crippen molar-refractivity contribution in [1.82, 2.24) is 15.2 Å². The molecule has 2 N–H and O–H groups in total. The van der Waals surface area contributed by atoms with Crippen LogP contribution in [0.2, 0.25) is 0 Å². The highest BCUT2D eigenvalue weighted by Gasteiger charge is 2.08. The van der Waals surface area contributed by atoms with Crippen LogP contribution in [0.5, 0.6) is 0 Å². The van der Waals surface area contributed by atoms with Gasteiger partial charge in [0.1, 0.15) is 5.82 Å².